The van der Waals surface area contributed by atoms with E-state index in [1.807, 2.05) is 0 Å². The van der Waals surface area contributed by atoms with E-state index in [0.29, 0.717) is 37.9 Å². The van der Waals surface area contributed by atoms with E-state index in [0.717, 1.165) is 36.1 Å². The maximum atomic E-state index is 13.9. The lowest BCUT2D eigenvalue weighted by atomic mass is 9.96. The molecule has 0 unspecified atom stereocenters. The lowest BCUT2D eigenvalue weighted by Crippen LogP contribution is -2.23. The summed E-state index contributed by atoms with van der Waals surface area (Å²) >= 11 is 1.50. The van der Waals surface area contributed by atoms with Crippen LogP contribution in [0.15, 0.2) is 58.1 Å². The van der Waals surface area contributed by atoms with E-state index >= 15 is 0 Å². The van der Waals surface area contributed by atoms with Crippen molar-refractivity contribution in [1.82, 2.24) is 9.38 Å². The molecule has 6 nitrogen and oxygen atoms in total. The third-order valence-electron chi connectivity index (χ3n) is 6.48. The van der Waals surface area contributed by atoms with Crippen LogP contribution < -0.4 is 15.9 Å². The number of benzene rings is 2. The van der Waals surface area contributed by atoms with Gasteiger partial charge in [0, 0.05) is 15.6 Å². The fourth-order valence-electron chi connectivity index (χ4n) is 4.97. The molecule has 1 N–H and O–H groups in total. The van der Waals surface area contributed by atoms with Crippen molar-refractivity contribution in [2.75, 3.05) is 7.11 Å². The second-order valence-electron chi connectivity index (χ2n) is 8.28. The summed E-state index contributed by atoms with van der Waals surface area (Å²) in [4.78, 5) is 45.6. The number of pyridine rings is 1. The van der Waals surface area contributed by atoms with E-state index in [1.165, 1.54) is 22.8 Å². The van der Waals surface area contributed by atoms with Gasteiger partial charge in [-0.05, 0) is 49.4 Å². The number of nitrogens with zero attached hydrogens (tertiary/aromatic N) is 1. The van der Waals surface area contributed by atoms with Crippen molar-refractivity contribution in [3.8, 4) is 5.75 Å². The zero-order valence-electron chi connectivity index (χ0n) is 17.9. The Morgan fingerprint density at radius 3 is 2.55 bits per heavy atom. The highest BCUT2D eigenvalue weighted by atomic mass is 32.1. The standard InChI is InChI=1S/C26H20N2O4S/c1-32-18-12-6-4-10-16(18)22(29)20-14-8-2-3-9-15(14)25(31)28-23(20)27-24(30)21-17-11-5-7-13-19(17)33-26(21)28/h2-4,6,8-10,12H,5,7,11,13H2,1H3,(H,27,30). The van der Waals surface area contributed by atoms with Crippen molar-refractivity contribution < 1.29 is 9.53 Å². The van der Waals surface area contributed by atoms with Crippen LogP contribution in [0, 0.1) is 0 Å². The highest BCUT2D eigenvalue weighted by Crippen LogP contribution is 2.35. The minimum Gasteiger partial charge on any atom is -0.496 e. The molecule has 3 aromatic heterocycles. The van der Waals surface area contributed by atoms with Gasteiger partial charge in [0.25, 0.3) is 11.1 Å². The van der Waals surface area contributed by atoms with Gasteiger partial charge in [-0.1, -0.05) is 30.3 Å². The molecule has 0 saturated heterocycles. The molecule has 0 spiro atoms. The molecule has 6 rings (SSSR count). The van der Waals surface area contributed by atoms with Crippen molar-refractivity contribution in [3.63, 3.8) is 0 Å². The van der Waals surface area contributed by atoms with E-state index in [-0.39, 0.29) is 22.5 Å². The zero-order chi connectivity index (χ0) is 22.7. The van der Waals surface area contributed by atoms with Crippen LogP contribution in [0.1, 0.15) is 39.2 Å². The normalized spacial score (nSPS) is 13.5. The van der Waals surface area contributed by atoms with E-state index in [9.17, 15) is 14.4 Å². The Morgan fingerprint density at radius 2 is 1.73 bits per heavy atom. The Morgan fingerprint density at radius 1 is 1.00 bits per heavy atom. The molecule has 1 aliphatic rings. The molecule has 0 bridgehead atoms. The van der Waals surface area contributed by atoms with Gasteiger partial charge in [-0.2, -0.15) is 0 Å². The second kappa shape index (κ2) is 7.42. The highest BCUT2D eigenvalue weighted by molar-refractivity contribution is 7.18. The van der Waals surface area contributed by atoms with Crippen LogP contribution in [-0.2, 0) is 12.8 Å². The van der Waals surface area contributed by atoms with Gasteiger partial charge < -0.3 is 9.72 Å². The fourth-order valence-corrected chi connectivity index (χ4v) is 6.36. The smallest absolute Gasteiger partial charge is 0.265 e. The SMILES string of the molecule is COc1ccccc1C(=O)c1c2ccccc2c(=O)n2c1[nH]c(=O)c1c3c(sc12)CCCC3. The summed E-state index contributed by atoms with van der Waals surface area (Å²) in [6.07, 6.45) is 3.84. The molecule has 2 aromatic carbocycles. The van der Waals surface area contributed by atoms with Crippen molar-refractivity contribution in [2.24, 2.45) is 0 Å². The van der Waals surface area contributed by atoms with Crippen LogP contribution in [0.3, 0.4) is 0 Å². The van der Waals surface area contributed by atoms with E-state index in [4.69, 9.17) is 4.74 Å². The van der Waals surface area contributed by atoms with Gasteiger partial charge in [-0.25, -0.2) is 0 Å². The minimum absolute atomic E-state index is 0.228. The van der Waals surface area contributed by atoms with Crippen LogP contribution in [0.5, 0.6) is 5.75 Å². The van der Waals surface area contributed by atoms with Crippen LogP contribution in [0.25, 0.3) is 26.6 Å². The zero-order valence-corrected chi connectivity index (χ0v) is 18.8. The Hall–Kier alpha value is -3.71. The number of carbonyl (C=O) groups is 1. The molecule has 0 aliphatic heterocycles. The number of aryl methyl sites for hydroxylation is 2. The van der Waals surface area contributed by atoms with Crippen LogP contribution in [-0.4, -0.2) is 22.3 Å². The largest absolute Gasteiger partial charge is 0.496 e. The van der Waals surface area contributed by atoms with Crippen molar-refractivity contribution in [1.29, 1.82) is 0 Å². The predicted octanol–water partition coefficient (Wildman–Crippen LogP) is 4.47. The molecule has 5 aromatic rings. The summed E-state index contributed by atoms with van der Waals surface area (Å²) in [5, 5.41) is 1.53. The number of para-hydroxylation sites is 1. The van der Waals surface area contributed by atoms with Gasteiger partial charge >= 0.3 is 0 Å². The number of carbonyl (C=O) groups excluding carboxylic acids is 1. The summed E-state index contributed by atoms with van der Waals surface area (Å²) in [5.74, 6) is 0.128. The number of ketones is 1. The average molecular weight is 457 g/mol. The molecule has 164 valence electrons. The van der Waals surface area contributed by atoms with Gasteiger partial charge in [-0.3, -0.25) is 18.8 Å². The first kappa shape index (κ1) is 19.9. The maximum Gasteiger partial charge on any atom is 0.265 e. The summed E-state index contributed by atoms with van der Waals surface area (Å²) in [6.45, 7) is 0. The summed E-state index contributed by atoms with van der Waals surface area (Å²) in [5.41, 5.74) is 1.44. The molecule has 0 radical (unpaired) electrons. The first-order valence-electron chi connectivity index (χ1n) is 10.9. The molecule has 1 aliphatic carbocycles. The van der Waals surface area contributed by atoms with Crippen molar-refractivity contribution >= 4 is 43.8 Å². The molecule has 0 saturated carbocycles. The Bertz CT molecular complexity index is 1720. The molecule has 7 heteroatoms. The number of aromatic nitrogens is 2. The summed E-state index contributed by atoms with van der Waals surface area (Å²) < 4.78 is 6.96. The van der Waals surface area contributed by atoms with E-state index < -0.39 is 0 Å². The van der Waals surface area contributed by atoms with Crippen LogP contribution in [0.4, 0.5) is 0 Å². The second-order valence-corrected chi connectivity index (χ2v) is 9.37. The minimum atomic E-state index is -0.308. The van der Waals surface area contributed by atoms with E-state index in [2.05, 4.69) is 4.98 Å². The number of hydrogen-bond donors (Lipinski definition) is 1. The lowest BCUT2D eigenvalue weighted by molar-refractivity contribution is 0.103. The van der Waals surface area contributed by atoms with Gasteiger partial charge in [-0.15, -0.1) is 11.3 Å². The number of rotatable bonds is 3. The number of methoxy groups -OCH3 is 1. The molecule has 0 atom stereocenters. The number of thiophene rings is 1. The fraction of sp³-hybridized carbons (Fsp3) is 0.192. The first-order valence-corrected chi connectivity index (χ1v) is 11.7. The monoisotopic (exact) mass is 456 g/mol. The predicted molar refractivity (Wildman–Crippen MR) is 130 cm³/mol. The molecule has 0 fully saturated rings. The molecule has 3 heterocycles. The number of fused-ring (bicyclic) bond motifs is 6. The van der Waals surface area contributed by atoms with E-state index in [1.54, 1.807) is 48.5 Å². The number of nitrogens with one attached hydrogen (secondary N) is 1. The summed E-state index contributed by atoms with van der Waals surface area (Å²) in [7, 11) is 1.51. The Labute approximate surface area is 192 Å². The maximum absolute atomic E-state index is 13.9. The quantitative estimate of drug-likeness (QED) is 0.321. The van der Waals surface area contributed by atoms with Gasteiger partial charge in [0.1, 0.15) is 16.2 Å². The molecular weight excluding hydrogens is 436 g/mol. The van der Waals surface area contributed by atoms with Crippen LogP contribution in [0.2, 0.25) is 0 Å². The van der Waals surface area contributed by atoms with Gasteiger partial charge in [0.15, 0.2) is 0 Å². The number of H-pyrrole nitrogens is 1. The van der Waals surface area contributed by atoms with Crippen molar-refractivity contribution in [2.45, 2.75) is 25.7 Å². The highest BCUT2D eigenvalue weighted by Gasteiger charge is 2.26. The molecular formula is C26H20N2O4S. The summed E-state index contributed by atoms with van der Waals surface area (Å²) in [6, 6.07) is 14.0. The average Bonchev–Trinajstić information content (AvgIpc) is 3.24. The molecule has 33 heavy (non-hydrogen) atoms. The number of ether oxygens (including phenoxy) is 1. The topological polar surface area (TPSA) is 80.6 Å². The van der Waals surface area contributed by atoms with Crippen LogP contribution >= 0.6 is 11.3 Å². The Kier molecular flexibility index (Phi) is 4.48. The number of hydrogen-bond acceptors (Lipinski definition) is 5. The van der Waals surface area contributed by atoms with Gasteiger partial charge in [0.05, 0.1) is 23.6 Å². The Balaban J connectivity index is 1.81. The van der Waals surface area contributed by atoms with Crippen molar-refractivity contribution in [3.05, 3.63) is 90.8 Å². The molecule has 0 amide bonds. The number of aromatic amines is 1. The first-order chi connectivity index (χ1) is 16.1. The van der Waals surface area contributed by atoms with Gasteiger partial charge in [0.2, 0.25) is 5.78 Å². The third-order valence-corrected chi connectivity index (χ3v) is 7.76. The lowest BCUT2D eigenvalue weighted by Gasteiger charge is -2.14. The third kappa shape index (κ3) is 2.82.